The molecule has 36 valence electrons. The van der Waals surface area contributed by atoms with Gasteiger partial charge in [-0.05, 0) is 0 Å². The Hall–Kier alpha value is -0.0500. The molecule has 0 unspecified atom stereocenters. The molecule has 0 saturated carbocycles. The Bertz CT molecular complexity index is 44.1. The molecule has 2 nitrogen and oxygen atoms in total. The van der Waals surface area contributed by atoms with Gasteiger partial charge in [0.25, 0.3) is 0 Å². The number of halogens is 1. The van der Waals surface area contributed by atoms with E-state index in [1.54, 1.807) is 6.08 Å². The molecule has 0 atom stereocenters. The summed E-state index contributed by atoms with van der Waals surface area (Å²) in [6, 6.07) is 0. The summed E-state index contributed by atoms with van der Waals surface area (Å²) in [5.41, 5.74) is 3.81. The average Bonchev–Trinajstić information content (AvgIpc) is 1.61. The van der Waals surface area contributed by atoms with Gasteiger partial charge in [0.15, 0.2) is 0 Å². The first-order chi connectivity index (χ1) is 2.91. The Morgan fingerprint density at radius 3 is 2.67 bits per heavy atom. The van der Waals surface area contributed by atoms with Gasteiger partial charge in [-0.1, -0.05) is 17.7 Å². The molecule has 0 fully saturated rings. The van der Waals surface area contributed by atoms with Gasteiger partial charge in [-0.25, -0.2) is 0 Å². The van der Waals surface area contributed by atoms with Crippen LogP contribution in [0.2, 0.25) is 0 Å². The van der Waals surface area contributed by atoms with Crippen molar-refractivity contribution in [2.75, 3.05) is 6.54 Å². The Morgan fingerprint density at radius 2 is 2.50 bits per heavy atom. The maximum absolute atomic E-state index is 5.10. The molecule has 0 spiro atoms. The summed E-state index contributed by atoms with van der Waals surface area (Å²) < 4.78 is 0. The minimum atomic E-state index is 0.628. The zero-order valence-corrected chi connectivity index (χ0v) is 4.07. The van der Waals surface area contributed by atoms with Crippen LogP contribution in [0.5, 0.6) is 0 Å². The van der Waals surface area contributed by atoms with E-state index in [9.17, 15) is 0 Å². The fourth-order valence-corrected chi connectivity index (χ4v) is 0.202. The van der Waals surface area contributed by atoms with Gasteiger partial charge in [0.1, 0.15) is 0 Å². The highest BCUT2D eigenvalue weighted by molar-refractivity contribution is 6.25. The van der Waals surface area contributed by atoms with Crippen LogP contribution in [0.3, 0.4) is 0 Å². The molecule has 0 aromatic rings. The zero-order valence-electron chi connectivity index (χ0n) is 3.32. The third kappa shape index (κ3) is 3.95. The normalized spacial score (nSPS) is 10.3. The van der Waals surface area contributed by atoms with E-state index >= 15 is 0 Å². The van der Waals surface area contributed by atoms with Gasteiger partial charge in [-0.15, -0.1) is 0 Å². The van der Waals surface area contributed by atoms with Gasteiger partial charge in [0.2, 0.25) is 0 Å². The summed E-state index contributed by atoms with van der Waals surface area (Å²) >= 11 is 5.10. The number of hydrazine groups is 1. The molecule has 0 heterocycles. The van der Waals surface area contributed by atoms with Crippen molar-refractivity contribution >= 4 is 11.6 Å². The number of nitrogens with two attached hydrogens (primary N) is 1. The van der Waals surface area contributed by atoms with Gasteiger partial charge in [-0.3, -0.25) is 11.3 Å². The first kappa shape index (κ1) is 5.95. The third-order valence-corrected chi connectivity index (χ3v) is 0.503. The molecule has 6 heavy (non-hydrogen) atoms. The SMILES string of the molecule is NNCC=CCl. The number of hydrogen-bond acceptors (Lipinski definition) is 2. The second kappa shape index (κ2) is 4.95. The molecule has 0 aromatic carbocycles. The topological polar surface area (TPSA) is 38.0 Å². The van der Waals surface area contributed by atoms with E-state index in [2.05, 4.69) is 5.43 Å². The smallest absolute Gasteiger partial charge is 0.0290 e. The fourth-order valence-electron chi connectivity index (χ4n) is 0.113. The van der Waals surface area contributed by atoms with Crippen molar-refractivity contribution in [1.29, 1.82) is 0 Å². The summed E-state index contributed by atoms with van der Waals surface area (Å²) in [6.07, 6.45) is 1.71. The van der Waals surface area contributed by atoms with Crippen molar-refractivity contribution < 1.29 is 0 Å². The standard InChI is InChI=1S/C3H7ClN2/c4-2-1-3-6-5/h1-2,6H,3,5H2. The van der Waals surface area contributed by atoms with Crippen molar-refractivity contribution in [1.82, 2.24) is 5.43 Å². The van der Waals surface area contributed by atoms with Crippen LogP contribution in [0, 0.1) is 0 Å². The first-order valence-corrected chi connectivity index (χ1v) is 2.04. The number of rotatable bonds is 2. The van der Waals surface area contributed by atoms with Crippen molar-refractivity contribution in [3.05, 3.63) is 11.6 Å². The van der Waals surface area contributed by atoms with Crippen LogP contribution in [0.15, 0.2) is 11.6 Å². The van der Waals surface area contributed by atoms with Crippen LogP contribution < -0.4 is 11.3 Å². The van der Waals surface area contributed by atoms with Gasteiger partial charge in [0, 0.05) is 12.1 Å². The largest absolute Gasteiger partial charge is 0.271 e. The van der Waals surface area contributed by atoms with Gasteiger partial charge in [-0.2, -0.15) is 0 Å². The van der Waals surface area contributed by atoms with E-state index in [0.717, 1.165) is 0 Å². The van der Waals surface area contributed by atoms with Crippen LogP contribution >= 0.6 is 11.6 Å². The predicted octanol–water partition coefficient (Wildman–Crippen LogP) is 0.202. The van der Waals surface area contributed by atoms with Crippen molar-refractivity contribution in [3.8, 4) is 0 Å². The highest BCUT2D eigenvalue weighted by Crippen LogP contribution is 1.72. The Balaban J connectivity index is 2.66. The summed E-state index contributed by atoms with van der Waals surface area (Å²) in [5.74, 6) is 4.85. The minimum absolute atomic E-state index is 0.628. The van der Waals surface area contributed by atoms with Crippen LogP contribution in [-0.4, -0.2) is 6.54 Å². The van der Waals surface area contributed by atoms with E-state index in [4.69, 9.17) is 17.4 Å². The number of hydrogen-bond donors (Lipinski definition) is 2. The molecular formula is C3H7ClN2. The maximum atomic E-state index is 5.10. The summed E-state index contributed by atoms with van der Waals surface area (Å²) in [7, 11) is 0. The van der Waals surface area contributed by atoms with E-state index in [1.165, 1.54) is 5.54 Å². The summed E-state index contributed by atoms with van der Waals surface area (Å²) in [6.45, 7) is 0.628. The van der Waals surface area contributed by atoms with Gasteiger partial charge < -0.3 is 0 Å². The zero-order chi connectivity index (χ0) is 4.83. The predicted molar refractivity (Wildman–Crippen MR) is 27.2 cm³/mol. The molecule has 0 aliphatic heterocycles. The fraction of sp³-hybridized carbons (Fsp3) is 0.333. The van der Waals surface area contributed by atoms with E-state index in [-0.39, 0.29) is 0 Å². The van der Waals surface area contributed by atoms with Crippen molar-refractivity contribution in [2.24, 2.45) is 5.84 Å². The second-order valence-corrected chi connectivity index (χ2v) is 1.02. The van der Waals surface area contributed by atoms with E-state index in [1.807, 2.05) is 0 Å². The summed E-state index contributed by atoms with van der Waals surface area (Å²) in [5, 5.41) is 0. The summed E-state index contributed by atoms with van der Waals surface area (Å²) in [4.78, 5) is 0. The highest BCUT2D eigenvalue weighted by atomic mass is 35.5. The van der Waals surface area contributed by atoms with Crippen molar-refractivity contribution in [2.45, 2.75) is 0 Å². The number of nitrogens with one attached hydrogen (secondary N) is 1. The van der Waals surface area contributed by atoms with E-state index in [0.29, 0.717) is 6.54 Å². The quantitative estimate of drug-likeness (QED) is 0.390. The Labute approximate surface area is 41.9 Å². The molecular weight excluding hydrogens is 99.5 g/mol. The molecule has 0 aromatic heterocycles. The van der Waals surface area contributed by atoms with Crippen molar-refractivity contribution in [3.63, 3.8) is 0 Å². The molecule has 0 radical (unpaired) electrons. The maximum Gasteiger partial charge on any atom is 0.0290 e. The monoisotopic (exact) mass is 106 g/mol. The van der Waals surface area contributed by atoms with Gasteiger partial charge in [0.05, 0.1) is 0 Å². The molecule has 3 N–H and O–H groups in total. The molecule has 0 amide bonds. The Morgan fingerprint density at radius 1 is 1.83 bits per heavy atom. The molecule has 0 aliphatic rings. The molecule has 0 saturated heterocycles. The third-order valence-electron chi connectivity index (χ3n) is 0.325. The lowest BCUT2D eigenvalue weighted by Crippen LogP contribution is -2.21. The minimum Gasteiger partial charge on any atom is -0.271 e. The first-order valence-electron chi connectivity index (χ1n) is 1.60. The van der Waals surface area contributed by atoms with Crippen LogP contribution in [0.4, 0.5) is 0 Å². The molecule has 0 aliphatic carbocycles. The molecule has 0 bridgehead atoms. The highest BCUT2D eigenvalue weighted by Gasteiger charge is 1.62. The van der Waals surface area contributed by atoms with Gasteiger partial charge >= 0.3 is 0 Å². The lowest BCUT2D eigenvalue weighted by Gasteiger charge is -1.81. The Kier molecular flexibility index (Phi) is 4.91. The second-order valence-electron chi connectivity index (χ2n) is 0.770. The molecule has 0 rings (SSSR count). The van der Waals surface area contributed by atoms with Crippen LogP contribution in [0.1, 0.15) is 0 Å². The van der Waals surface area contributed by atoms with Crippen LogP contribution in [-0.2, 0) is 0 Å². The average molecular weight is 107 g/mol. The molecule has 3 heteroatoms. The lowest BCUT2D eigenvalue weighted by molar-refractivity contribution is 0.824. The van der Waals surface area contributed by atoms with Crippen LogP contribution in [0.25, 0.3) is 0 Å². The lowest BCUT2D eigenvalue weighted by atomic mass is 10.7. The van der Waals surface area contributed by atoms with E-state index < -0.39 is 0 Å².